The number of carbonyl (C=O) groups excluding carboxylic acids is 1. The van der Waals surface area contributed by atoms with Crippen LogP contribution in [0.1, 0.15) is 60.4 Å². The molecule has 1 aliphatic carbocycles. The Morgan fingerprint density at radius 3 is 2.60 bits per heavy atom. The first-order valence-electron chi connectivity index (χ1n) is 6.88. The van der Waals surface area contributed by atoms with Crippen molar-refractivity contribution in [1.82, 2.24) is 10.3 Å². The molecule has 0 saturated heterocycles. The Morgan fingerprint density at radius 2 is 2.00 bits per heavy atom. The highest BCUT2D eigenvalue weighted by atomic mass is 16.4. The quantitative estimate of drug-likeness (QED) is 0.889. The lowest BCUT2D eigenvalue weighted by Gasteiger charge is -2.34. The zero-order valence-corrected chi connectivity index (χ0v) is 11.8. The Bertz CT molecular complexity index is 516. The monoisotopic (exact) mass is 276 g/mol. The number of carboxylic acids is 1. The van der Waals surface area contributed by atoms with E-state index in [4.69, 9.17) is 5.11 Å². The molecule has 5 nitrogen and oxygen atoms in total. The number of rotatable bonds is 3. The number of carboxylic acid groups (broad SMARTS) is 1. The van der Waals surface area contributed by atoms with Gasteiger partial charge in [-0.05, 0) is 43.2 Å². The molecule has 0 bridgehead atoms. The summed E-state index contributed by atoms with van der Waals surface area (Å²) in [5.74, 6) is -1.53. The van der Waals surface area contributed by atoms with Crippen LogP contribution >= 0.6 is 0 Å². The fourth-order valence-corrected chi connectivity index (χ4v) is 2.56. The molecule has 0 aliphatic heterocycles. The summed E-state index contributed by atoms with van der Waals surface area (Å²) in [6.45, 7) is 4.46. The Kier molecular flexibility index (Phi) is 4.06. The fourth-order valence-electron chi connectivity index (χ4n) is 2.56. The van der Waals surface area contributed by atoms with Gasteiger partial charge in [-0.25, -0.2) is 4.79 Å². The lowest BCUT2D eigenvalue weighted by molar-refractivity contribution is 0.0688. The Balaban J connectivity index is 2.04. The largest absolute Gasteiger partial charge is 0.478 e. The molecule has 0 atom stereocenters. The van der Waals surface area contributed by atoms with E-state index in [0.29, 0.717) is 5.41 Å². The van der Waals surface area contributed by atoms with E-state index < -0.39 is 11.9 Å². The molecule has 2 rings (SSSR count). The molecule has 1 saturated carbocycles. The molecule has 2 N–H and O–H groups in total. The number of aromatic carboxylic acids is 1. The van der Waals surface area contributed by atoms with Gasteiger partial charge in [0, 0.05) is 12.2 Å². The number of nitrogens with one attached hydrogen (secondary N) is 1. The van der Waals surface area contributed by atoms with Crippen LogP contribution in [0.25, 0.3) is 0 Å². The van der Waals surface area contributed by atoms with Crippen molar-refractivity contribution in [2.45, 2.75) is 45.6 Å². The van der Waals surface area contributed by atoms with Crippen molar-refractivity contribution in [2.75, 3.05) is 0 Å². The molecule has 0 aromatic carbocycles. The molecule has 1 heterocycles. The van der Waals surface area contributed by atoms with Crippen molar-refractivity contribution in [3.63, 3.8) is 0 Å². The number of hydrogen-bond acceptors (Lipinski definition) is 3. The number of carbonyl (C=O) groups is 2. The maximum absolute atomic E-state index is 12.2. The van der Waals surface area contributed by atoms with Crippen molar-refractivity contribution in [2.24, 2.45) is 5.41 Å². The maximum atomic E-state index is 12.2. The lowest BCUT2D eigenvalue weighted by Crippen LogP contribution is -2.40. The van der Waals surface area contributed by atoms with Gasteiger partial charge in [0.2, 0.25) is 0 Å². The molecule has 1 aromatic heterocycles. The minimum absolute atomic E-state index is 0.00941. The van der Waals surface area contributed by atoms with Crippen LogP contribution in [0.3, 0.4) is 0 Å². The normalized spacial score (nSPS) is 18.5. The summed E-state index contributed by atoms with van der Waals surface area (Å²) in [7, 11) is 0. The highest BCUT2D eigenvalue weighted by Crippen LogP contribution is 2.35. The molecular formula is C15H20N2O3. The Hall–Kier alpha value is -1.91. The molecule has 0 unspecified atom stereocenters. The average molecular weight is 276 g/mol. The van der Waals surface area contributed by atoms with E-state index in [1.54, 1.807) is 0 Å². The van der Waals surface area contributed by atoms with E-state index in [1.165, 1.54) is 18.3 Å². The summed E-state index contributed by atoms with van der Waals surface area (Å²) < 4.78 is 0. The SMILES string of the molecule is CC1(C)CCC(NC(=O)c2ncccc2C(=O)O)CC1. The van der Waals surface area contributed by atoms with E-state index in [-0.39, 0.29) is 17.3 Å². The molecule has 1 aromatic rings. The topological polar surface area (TPSA) is 79.3 Å². The van der Waals surface area contributed by atoms with Crippen LogP contribution in [-0.4, -0.2) is 28.0 Å². The molecule has 1 aliphatic rings. The van der Waals surface area contributed by atoms with Crippen molar-refractivity contribution >= 4 is 11.9 Å². The van der Waals surface area contributed by atoms with Gasteiger partial charge in [0.25, 0.3) is 5.91 Å². The summed E-state index contributed by atoms with van der Waals surface area (Å²) in [5.41, 5.74) is 0.268. The third-order valence-electron chi connectivity index (χ3n) is 3.93. The number of pyridine rings is 1. The van der Waals surface area contributed by atoms with E-state index in [0.717, 1.165) is 25.7 Å². The van der Waals surface area contributed by atoms with Crippen LogP contribution in [0.15, 0.2) is 18.3 Å². The predicted octanol–water partition coefficient (Wildman–Crippen LogP) is 2.48. The van der Waals surface area contributed by atoms with Gasteiger partial charge in [-0.2, -0.15) is 0 Å². The van der Waals surface area contributed by atoms with Gasteiger partial charge in [0.05, 0.1) is 5.56 Å². The van der Waals surface area contributed by atoms with E-state index in [9.17, 15) is 9.59 Å². The smallest absolute Gasteiger partial charge is 0.338 e. The zero-order valence-electron chi connectivity index (χ0n) is 11.8. The molecule has 0 spiro atoms. The molecule has 0 radical (unpaired) electrons. The van der Waals surface area contributed by atoms with E-state index >= 15 is 0 Å². The third kappa shape index (κ3) is 3.35. The highest BCUT2D eigenvalue weighted by molar-refractivity contribution is 6.03. The zero-order chi connectivity index (χ0) is 14.8. The van der Waals surface area contributed by atoms with Gasteiger partial charge in [-0.15, -0.1) is 0 Å². The van der Waals surface area contributed by atoms with Gasteiger partial charge >= 0.3 is 5.97 Å². The van der Waals surface area contributed by atoms with Gasteiger partial charge < -0.3 is 10.4 Å². The fraction of sp³-hybridized carbons (Fsp3) is 0.533. The van der Waals surface area contributed by atoms with Crippen LogP contribution in [0.5, 0.6) is 0 Å². The molecule has 108 valence electrons. The predicted molar refractivity (Wildman–Crippen MR) is 74.7 cm³/mol. The first-order chi connectivity index (χ1) is 9.39. The average Bonchev–Trinajstić information content (AvgIpc) is 2.41. The van der Waals surface area contributed by atoms with E-state index in [1.807, 2.05) is 0 Å². The van der Waals surface area contributed by atoms with Gasteiger partial charge in [-0.1, -0.05) is 13.8 Å². The summed E-state index contributed by atoms with van der Waals surface area (Å²) in [4.78, 5) is 27.1. The van der Waals surface area contributed by atoms with E-state index in [2.05, 4.69) is 24.1 Å². The summed E-state index contributed by atoms with van der Waals surface area (Å²) in [6.07, 6.45) is 5.41. The first kappa shape index (κ1) is 14.5. The number of hydrogen-bond donors (Lipinski definition) is 2. The summed E-state index contributed by atoms with van der Waals surface area (Å²) in [6, 6.07) is 3.02. The molecular weight excluding hydrogens is 256 g/mol. The summed E-state index contributed by atoms with van der Waals surface area (Å²) in [5, 5.41) is 12.0. The van der Waals surface area contributed by atoms with Crippen molar-refractivity contribution in [3.8, 4) is 0 Å². The maximum Gasteiger partial charge on any atom is 0.338 e. The minimum atomic E-state index is -1.13. The lowest BCUT2D eigenvalue weighted by atomic mass is 9.75. The Labute approximate surface area is 118 Å². The second kappa shape index (κ2) is 5.61. The Morgan fingerprint density at radius 1 is 1.35 bits per heavy atom. The number of nitrogens with zero attached hydrogens (tertiary/aromatic N) is 1. The first-order valence-corrected chi connectivity index (χ1v) is 6.88. The van der Waals surface area contributed by atoms with Gasteiger partial charge in [0.15, 0.2) is 0 Å². The summed E-state index contributed by atoms with van der Waals surface area (Å²) >= 11 is 0. The molecule has 5 heteroatoms. The molecule has 1 amide bonds. The van der Waals surface area contributed by atoms with Crippen LogP contribution < -0.4 is 5.32 Å². The van der Waals surface area contributed by atoms with Gasteiger partial charge in [-0.3, -0.25) is 9.78 Å². The van der Waals surface area contributed by atoms with Crippen molar-refractivity contribution < 1.29 is 14.7 Å². The second-order valence-electron chi connectivity index (χ2n) is 6.12. The van der Waals surface area contributed by atoms with Crippen LogP contribution in [0.4, 0.5) is 0 Å². The third-order valence-corrected chi connectivity index (χ3v) is 3.93. The standard InChI is InChI=1S/C15H20N2O3/c1-15(2)7-5-10(6-8-15)17-13(18)12-11(14(19)20)4-3-9-16-12/h3-4,9-10H,5-8H2,1-2H3,(H,17,18)(H,19,20). The van der Waals surface area contributed by atoms with Crippen molar-refractivity contribution in [3.05, 3.63) is 29.6 Å². The van der Waals surface area contributed by atoms with Crippen LogP contribution in [-0.2, 0) is 0 Å². The van der Waals surface area contributed by atoms with Crippen molar-refractivity contribution in [1.29, 1.82) is 0 Å². The van der Waals surface area contributed by atoms with Gasteiger partial charge in [0.1, 0.15) is 5.69 Å². The van der Waals surface area contributed by atoms with Crippen LogP contribution in [0.2, 0.25) is 0 Å². The molecule has 1 fully saturated rings. The minimum Gasteiger partial charge on any atom is -0.478 e. The number of aromatic nitrogens is 1. The highest BCUT2D eigenvalue weighted by Gasteiger charge is 2.28. The van der Waals surface area contributed by atoms with Crippen LogP contribution in [0, 0.1) is 5.41 Å². The molecule has 20 heavy (non-hydrogen) atoms. The second-order valence-corrected chi connectivity index (χ2v) is 6.12. The number of amides is 1.